The fourth-order valence-electron chi connectivity index (χ4n) is 3.18. The minimum Gasteiger partial charge on any atom is -0.450 e. The van der Waals surface area contributed by atoms with Crippen molar-refractivity contribution in [1.29, 1.82) is 0 Å². The summed E-state index contributed by atoms with van der Waals surface area (Å²) in [5.74, 6) is 4.85. The Kier molecular flexibility index (Phi) is 7.08. The standard InChI is InChI=1S/C22H21ClF2N2O2/c1-2-29-22(28)27-12-10-26(11-13-27)21(19-8-7-18(24)15-20(19)25)9-6-16-4-3-5-17(23)14-16/h3-5,7-8,14-15,21H,2,10-13H2,1H3. The first kappa shape index (κ1) is 21.1. The second-order valence-electron chi connectivity index (χ2n) is 6.57. The van der Waals surface area contributed by atoms with Gasteiger partial charge in [-0.05, 0) is 31.2 Å². The summed E-state index contributed by atoms with van der Waals surface area (Å²) < 4.78 is 32.9. The molecule has 1 amide bonds. The highest BCUT2D eigenvalue weighted by molar-refractivity contribution is 6.30. The number of ether oxygens (including phenoxy) is 1. The third-order valence-corrected chi connectivity index (χ3v) is 4.88. The molecular weight excluding hydrogens is 398 g/mol. The van der Waals surface area contributed by atoms with Crippen LogP contribution in [0.25, 0.3) is 0 Å². The summed E-state index contributed by atoms with van der Waals surface area (Å²) in [4.78, 5) is 15.5. The van der Waals surface area contributed by atoms with Crippen molar-refractivity contribution < 1.29 is 18.3 Å². The molecule has 4 nitrogen and oxygen atoms in total. The Morgan fingerprint density at radius 1 is 1.17 bits per heavy atom. The van der Waals surface area contributed by atoms with Gasteiger partial charge in [0.1, 0.15) is 17.7 Å². The maximum Gasteiger partial charge on any atom is 0.409 e. The fourth-order valence-corrected chi connectivity index (χ4v) is 3.37. The lowest BCUT2D eigenvalue weighted by Crippen LogP contribution is -2.49. The second kappa shape index (κ2) is 9.73. The number of benzene rings is 2. The normalized spacial score (nSPS) is 15.4. The van der Waals surface area contributed by atoms with Gasteiger partial charge >= 0.3 is 6.09 Å². The van der Waals surface area contributed by atoms with Crippen molar-refractivity contribution in [3.63, 3.8) is 0 Å². The van der Waals surface area contributed by atoms with Gasteiger partial charge in [-0.15, -0.1) is 0 Å². The number of amides is 1. The number of rotatable bonds is 3. The van der Waals surface area contributed by atoms with E-state index in [0.29, 0.717) is 48.9 Å². The van der Waals surface area contributed by atoms with Crippen LogP contribution >= 0.6 is 11.6 Å². The van der Waals surface area contributed by atoms with Crippen LogP contribution in [0.1, 0.15) is 24.1 Å². The maximum atomic E-state index is 14.5. The third-order valence-electron chi connectivity index (χ3n) is 4.64. The molecule has 1 aliphatic rings. The maximum absolute atomic E-state index is 14.5. The van der Waals surface area contributed by atoms with E-state index in [1.807, 2.05) is 11.0 Å². The molecule has 1 fully saturated rings. The predicted molar refractivity (Wildman–Crippen MR) is 108 cm³/mol. The Balaban J connectivity index is 1.85. The van der Waals surface area contributed by atoms with Gasteiger partial charge in [0.2, 0.25) is 0 Å². The van der Waals surface area contributed by atoms with Gasteiger partial charge in [-0.2, -0.15) is 0 Å². The topological polar surface area (TPSA) is 32.8 Å². The Bertz CT molecular complexity index is 934. The highest BCUT2D eigenvalue weighted by Crippen LogP contribution is 2.25. The van der Waals surface area contributed by atoms with Crippen LogP contribution in [0.5, 0.6) is 0 Å². The summed E-state index contributed by atoms with van der Waals surface area (Å²) in [6, 6.07) is 10.00. The zero-order valence-corrected chi connectivity index (χ0v) is 16.8. The van der Waals surface area contributed by atoms with E-state index in [0.717, 1.165) is 6.07 Å². The van der Waals surface area contributed by atoms with Crippen molar-refractivity contribution in [2.45, 2.75) is 13.0 Å². The van der Waals surface area contributed by atoms with E-state index in [1.165, 1.54) is 12.1 Å². The first-order valence-corrected chi connectivity index (χ1v) is 9.73. The molecule has 0 bridgehead atoms. The molecule has 3 rings (SSSR count). The molecule has 152 valence electrons. The molecule has 0 saturated carbocycles. The molecule has 0 N–H and O–H groups in total. The Morgan fingerprint density at radius 2 is 1.93 bits per heavy atom. The highest BCUT2D eigenvalue weighted by Gasteiger charge is 2.28. The molecule has 1 heterocycles. The lowest BCUT2D eigenvalue weighted by molar-refractivity contribution is 0.0731. The molecule has 0 spiro atoms. The van der Waals surface area contributed by atoms with Crippen molar-refractivity contribution in [3.05, 3.63) is 70.2 Å². The quantitative estimate of drug-likeness (QED) is 0.689. The molecule has 2 aromatic carbocycles. The van der Waals surface area contributed by atoms with E-state index >= 15 is 0 Å². The largest absolute Gasteiger partial charge is 0.450 e. The molecule has 2 aromatic rings. The van der Waals surface area contributed by atoms with Crippen LogP contribution in [-0.2, 0) is 4.74 Å². The summed E-state index contributed by atoms with van der Waals surface area (Å²) in [6.07, 6.45) is -0.360. The number of hydrogen-bond donors (Lipinski definition) is 0. The van der Waals surface area contributed by atoms with Gasteiger partial charge in [-0.25, -0.2) is 13.6 Å². The van der Waals surface area contributed by atoms with Crippen LogP contribution in [0, 0.1) is 23.5 Å². The molecule has 0 radical (unpaired) electrons. The molecular formula is C22H21ClF2N2O2. The summed E-state index contributed by atoms with van der Waals surface area (Å²) in [6.45, 7) is 3.93. The van der Waals surface area contributed by atoms with Gasteiger partial charge in [0.25, 0.3) is 0 Å². The van der Waals surface area contributed by atoms with E-state index in [9.17, 15) is 13.6 Å². The Morgan fingerprint density at radius 3 is 2.59 bits per heavy atom. The molecule has 7 heteroatoms. The van der Waals surface area contributed by atoms with Gasteiger partial charge in [0, 0.05) is 48.4 Å². The molecule has 29 heavy (non-hydrogen) atoms. The third kappa shape index (κ3) is 5.47. The number of nitrogens with zero attached hydrogens (tertiary/aromatic N) is 2. The van der Waals surface area contributed by atoms with Crippen molar-refractivity contribution >= 4 is 17.7 Å². The van der Waals surface area contributed by atoms with Crippen molar-refractivity contribution in [3.8, 4) is 11.8 Å². The summed E-state index contributed by atoms with van der Waals surface area (Å²) in [5.41, 5.74) is 1.00. The van der Waals surface area contributed by atoms with Gasteiger partial charge in [0.05, 0.1) is 6.61 Å². The van der Waals surface area contributed by atoms with Crippen LogP contribution < -0.4 is 0 Å². The first-order chi connectivity index (χ1) is 14.0. The molecule has 1 saturated heterocycles. The summed E-state index contributed by atoms with van der Waals surface area (Å²) in [7, 11) is 0. The number of hydrogen-bond acceptors (Lipinski definition) is 3. The van der Waals surface area contributed by atoms with Gasteiger partial charge in [-0.1, -0.05) is 35.6 Å². The van der Waals surface area contributed by atoms with E-state index in [1.54, 1.807) is 30.0 Å². The van der Waals surface area contributed by atoms with E-state index in [4.69, 9.17) is 16.3 Å². The molecule has 0 aliphatic carbocycles. The Hall–Kier alpha value is -2.62. The average Bonchev–Trinajstić information content (AvgIpc) is 2.70. The number of halogens is 3. The average molecular weight is 419 g/mol. The minimum absolute atomic E-state index is 0.297. The summed E-state index contributed by atoms with van der Waals surface area (Å²) >= 11 is 6.01. The highest BCUT2D eigenvalue weighted by atomic mass is 35.5. The van der Waals surface area contributed by atoms with Gasteiger partial charge in [-0.3, -0.25) is 4.90 Å². The van der Waals surface area contributed by atoms with Crippen LogP contribution in [-0.4, -0.2) is 48.7 Å². The van der Waals surface area contributed by atoms with Crippen molar-refractivity contribution in [2.75, 3.05) is 32.8 Å². The number of carbonyl (C=O) groups is 1. The molecule has 1 atom stereocenters. The molecule has 0 aromatic heterocycles. The smallest absolute Gasteiger partial charge is 0.409 e. The number of piperazine rings is 1. The lowest BCUT2D eigenvalue weighted by Gasteiger charge is -2.37. The SMILES string of the molecule is CCOC(=O)N1CCN(C(C#Cc2cccc(Cl)c2)c2ccc(F)cc2F)CC1. The zero-order chi connectivity index (χ0) is 20.8. The minimum atomic E-state index is -0.650. The van der Waals surface area contributed by atoms with E-state index in [-0.39, 0.29) is 6.09 Å². The Labute approximate surface area is 174 Å². The van der Waals surface area contributed by atoms with E-state index in [2.05, 4.69) is 11.8 Å². The van der Waals surface area contributed by atoms with Gasteiger partial charge < -0.3 is 9.64 Å². The number of carbonyl (C=O) groups excluding carboxylic acids is 1. The predicted octanol–water partition coefficient (Wildman–Crippen LogP) is 4.49. The summed E-state index contributed by atoms with van der Waals surface area (Å²) in [5, 5.41) is 0.560. The van der Waals surface area contributed by atoms with Crippen molar-refractivity contribution in [1.82, 2.24) is 9.80 Å². The first-order valence-electron chi connectivity index (χ1n) is 9.35. The molecule has 1 aliphatic heterocycles. The molecule has 1 unspecified atom stereocenters. The van der Waals surface area contributed by atoms with Crippen LogP contribution in [0.3, 0.4) is 0 Å². The fraction of sp³-hybridized carbons (Fsp3) is 0.318. The van der Waals surface area contributed by atoms with Crippen LogP contribution in [0.15, 0.2) is 42.5 Å². The second-order valence-corrected chi connectivity index (χ2v) is 7.01. The van der Waals surface area contributed by atoms with Crippen molar-refractivity contribution in [2.24, 2.45) is 0 Å². The monoisotopic (exact) mass is 418 g/mol. The zero-order valence-electron chi connectivity index (χ0n) is 16.0. The van der Waals surface area contributed by atoms with Crippen LogP contribution in [0.4, 0.5) is 13.6 Å². The van der Waals surface area contributed by atoms with E-state index < -0.39 is 17.7 Å². The lowest BCUT2D eigenvalue weighted by atomic mass is 10.0. The van der Waals surface area contributed by atoms with Gasteiger partial charge in [0.15, 0.2) is 0 Å². The van der Waals surface area contributed by atoms with Crippen LogP contribution in [0.2, 0.25) is 5.02 Å².